The van der Waals surface area contributed by atoms with E-state index in [0.29, 0.717) is 0 Å². The monoisotopic (exact) mass is 279 g/mol. The van der Waals surface area contributed by atoms with E-state index in [-0.39, 0.29) is 0 Å². The molecule has 0 N–H and O–H groups in total. The van der Waals surface area contributed by atoms with Crippen LogP contribution in [0.15, 0.2) is 47.8 Å². The van der Waals surface area contributed by atoms with Crippen molar-refractivity contribution >= 4 is 22.1 Å². The normalized spacial score (nSPS) is 14.8. The van der Waals surface area contributed by atoms with E-state index < -0.39 is 0 Å². The van der Waals surface area contributed by atoms with Crippen LogP contribution in [0.25, 0.3) is 21.2 Å². The van der Waals surface area contributed by atoms with Crippen LogP contribution in [0.4, 0.5) is 0 Å². The third-order valence-corrected chi connectivity index (χ3v) is 5.15. The molecule has 1 aliphatic rings. The van der Waals surface area contributed by atoms with Gasteiger partial charge in [0.1, 0.15) is 0 Å². The Morgan fingerprint density at radius 1 is 1.05 bits per heavy atom. The van der Waals surface area contributed by atoms with Crippen LogP contribution in [-0.2, 0) is 13.1 Å². The molecular weight excluding hydrogens is 262 g/mol. The summed E-state index contributed by atoms with van der Waals surface area (Å²) in [6, 6.07) is 15.7. The molecule has 0 unspecified atom stereocenters. The fraction of sp³-hybridized carbons (Fsp3) is 0.222. The molecule has 0 radical (unpaired) electrons. The number of nitrogens with zero attached hydrogens (tertiary/aromatic N) is 1. The van der Waals surface area contributed by atoms with Gasteiger partial charge in [-0.2, -0.15) is 0 Å². The molecule has 1 nitrogen and oxygen atoms in total. The Bertz CT molecular complexity index is 758. The molecule has 4 rings (SSSR count). The van der Waals surface area contributed by atoms with Crippen molar-refractivity contribution in [3.8, 4) is 10.4 Å². The molecule has 0 amide bonds. The number of rotatable bonds is 2. The summed E-state index contributed by atoms with van der Waals surface area (Å²) in [5.74, 6) is 0. The molecule has 1 aliphatic heterocycles. The lowest BCUT2D eigenvalue weighted by Crippen LogP contribution is -2.26. The van der Waals surface area contributed by atoms with E-state index >= 15 is 0 Å². The zero-order chi connectivity index (χ0) is 13.5. The molecule has 0 atom stereocenters. The topological polar surface area (TPSA) is 3.24 Å². The summed E-state index contributed by atoms with van der Waals surface area (Å²) < 4.78 is 0. The number of hydrogen-bond donors (Lipinski definition) is 0. The van der Waals surface area contributed by atoms with Gasteiger partial charge in [0.25, 0.3) is 0 Å². The smallest absolute Gasteiger partial charge is 0.0346 e. The van der Waals surface area contributed by atoms with Crippen molar-refractivity contribution in [1.82, 2.24) is 4.90 Å². The fourth-order valence-corrected chi connectivity index (χ4v) is 4.02. The zero-order valence-electron chi connectivity index (χ0n) is 11.6. The van der Waals surface area contributed by atoms with Crippen LogP contribution < -0.4 is 0 Å². The Kier molecular flexibility index (Phi) is 2.86. The van der Waals surface area contributed by atoms with E-state index in [0.717, 1.165) is 19.6 Å². The van der Waals surface area contributed by atoms with Crippen LogP contribution >= 0.6 is 11.3 Å². The highest BCUT2D eigenvalue weighted by Crippen LogP contribution is 2.38. The first-order chi connectivity index (χ1) is 9.86. The predicted molar refractivity (Wildman–Crippen MR) is 87.0 cm³/mol. The van der Waals surface area contributed by atoms with Gasteiger partial charge in [-0.25, -0.2) is 0 Å². The van der Waals surface area contributed by atoms with E-state index in [1.807, 2.05) is 11.3 Å². The molecule has 0 aliphatic carbocycles. The molecule has 100 valence electrons. The minimum absolute atomic E-state index is 1.07. The predicted octanol–water partition coefficient (Wildman–Crippen LogP) is 4.90. The second-order valence-corrected chi connectivity index (χ2v) is 6.34. The molecule has 0 spiro atoms. The van der Waals surface area contributed by atoms with Crippen molar-refractivity contribution in [1.29, 1.82) is 0 Å². The second-order valence-electron chi connectivity index (χ2n) is 5.39. The molecule has 1 aromatic heterocycles. The average Bonchev–Trinajstić information content (AvgIpc) is 3.01. The van der Waals surface area contributed by atoms with Gasteiger partial charge in [-0.3, -0.25) is 4.90 Å². The first-order valence-corrected chi connectivity index (χ1v) is 8.04. The fourth-order valence-electron chi connectivity index (χ4n) is 3.24. The molecule has 0 bridgehead atoms. The first kappa shape index (κ1) is 12.1. The second kappa shape index (κ2) is 4.72. The number of benzene rings is 2. The quantitative estimate of drug-likeness (QED) is 0.644. The van der Waals surface area contributed by atoms with Crippen LogP contribution in [0.1, 0.15) is 18.1 Å². The van der Waals surface area contributed by atoms with Gasteiger partial charge in [0.2, 0.25) is 0 Å². The zero-order valence-corrected chi connectivity index (χ0v) is 12.4. The molecule has 20 heavy (non-hydrogen) atoms. The number of thiophene rings is 1. The van der Waals surface area contributed by atoms with E-state index in [2.05, 4.69) is 59.7 Å². The molecule has 0 saturated heterocycles. The van der Waals surface area contributed by atoms with Crippen molar-refractivity contribution in [2.24, 2.45) is 0 Å². The van der Waals surface area contributed by atoms with Crippen LogP contribution in [0.2, 0.25) is 0 Å². The van der Waals surface area contributed by atoms with Gasteiger partial charge < -0.3 is 0 Å². The van der Waals surface area contributed by atoms with E-state index in [4.69, 9.17) is 0 Å². The van der Waals surface area contributed by atoms with Gasteiger partial charge in [-0.05, 0) is 45.5 Å². The minimum Gasteiger partial charge on any atom is -0.295 e. The van der Waals surface area contributed by atoms with Gasteiger partial charge in [0.15, 0.2) is 0 Å². The van der Waals surface area contributed by atoms with Crippen molar-refractivity contribution in [2.45, 2.75) is 20.0 Å². The highest BCUT2D eigenvalue weighted by Gasteiger charge is 2.20. The Balaban J connectivity index is 2.03. The Hall–Kier alpha value is -1.64. The average molecular weight is 279 g/mol. The summed E-state index contributed by atoms with van der Waals surface area (Å²) in [4.78, 5) is 3.91. The van der Waals surface area contributed by atoms with Gasteiger partial charge in [0, 0.05) is 18.0 Å². The van der Waals surface area contributed by atoms with Gasteiger partial charge in [-0.15, -0.1) is 11.3 Å². The lowest BCUT2D eigenvalue weighted by molar-refractivity contribution is 0.267. The van der Waals surface area contributed by atoms with Gasteiger partial charge in [0.05, 0.1) is 0 Å². The van der Waals surface area contributed by atoms with Crippen molar-refractivity contribution in [3.63, 3.8) is 0 Å². The van der Waals surface area contributed by atoms with Crippen LogP contribution in [0.3, 0.4) is 0 Å². The lowest BCUT2D eigenvalue weighted by atomic mass is 9.91. The highest BCUT2D eigenvalue weighted by atomic mass is 32.1. The van der Waals surface area contributed by atoms with Gasteiger partial charge in [-0.1, -0.05) is 43.3 Å². The maximum Gasteiger partial charge on any atom is 0.0346 e. The maximum absolute atomic E-state index is 2.52. The van der Waals surface area contributed by atoms with Crippen molar-refractivity contribution < 1.29 is 0 Å². The van der Waals surface area contributed by atoms with Crippen LogP contribution in [0.5, 0.6) is 0 Å². The molecule has 2 aromatic carbocycles. The summed E-state index contributed by atoms with van der Waals surface area (Å²) in [5.41, 5.74) is 4.40. The van der Waals surface area contributed by atoms with Crippen LogP contribution in [-0.4, -0.2) is 11.4 Å². The Morgan fingerprint density at radius 3 is 2.80 bits per heavy atom. The van der Waals surface area contributed by atoms with E-state index in [9.17, 15) is 0 Å². The molecule has 0 fully saturated rings. The molecular formula is C18H17NS. The first-order valence-electron chi connectivity index (χ1n) is 7.16. The van der Waals surface area contributed by atoms with E-state index in [1.54, 1.807) is 0 Å². The summed E-state index contributed by atoms with van der Waals surface area (Å²) in [5, 5.41) is 5.04. The largest absolute Gasteiger partial charge is 0.295 e. The Labute approximate surface area is 123 Å². The molecule has 0 saturated carbocycles. The third kappa shape index (κ3) is 1.80. The Morgan fingerprint density at radius 2 is 2.00 bits per heavy atom. The van der Waals surface area contributed by atoms with Gasteiger partial charge >= 0.3 is 0 Å². The maximum atomic E-state index is 2.52. The summed E-state index contributed by atoms with van der Waals surface area (Å²) >= 11 is 1.83. The lowest BCUT2D eigenvalue weighted by Gasteiger charge is -2.29. The molecule has 2 heteroatoms. The molecule has 2 heterocycles. The molecule has 3 aromatic rings. The third-order valence-electron chi connectivity index (χ3n) is 4.25. The highest BCUT2D eigenvalue weighted by molar-refractivity contribution is 7.13. The summed E-state index contributed by atoms with van der Waals surface area (Å²) in [6.45, 7) is 5.50. The van der Waals surface area contributed by atoms with Crippen molar-refractivity contribution in [2.75, 3.05) is 6.54 Å². The summed E-state index contributed by atoms with van der Waals surface area (Å²) in [6.07, 6.45) is 0. The van der Waals surface area contributed by atoms with Crippen molar-refractivity contribution in [3.05, 3.63) is 59.0 Å². The summed E-state index contributed by atoms with van der Waals surface area (Å²) in [7, 11) is 0. The SMILES string of the molecule is CCN1Cc2cccc3ccc(-c4cccs4)c(c23)C1. The number of hydrogen-bond acceptors (Lipinski definition) is 2. The van der Waals surface area contributed by atoms with E-state index in [1.165, 1.54) is 32.3 Å². The standard InChI is InChI=1S/C18H17NS/c1-2-19-11-14-6-3-5-13-8-9-15(16(12-19)18(13)14)17-7-4-10-20-17/h3-10H,2,11-12H2,1H3. The van der Waals surface area contributed by atoms with Crippen LogP contribution in [0, 0.1) is 0 Å². The minimum atomic E-state index is 1.07.